The molecule has 1 heterocycles. The van der Waals surface area contributed by atoms with Gasteiger partial charge >= 0.3 is 0 Å². The molecule has 2 amide bonds. The Morgan fingerprint density at radius 3 is 3.05 bits per heavy atom. The van der Waals surface area contributed by atoms with Crippen molar-refractivity contribution in [2.24, 2.45) is 5.73 Å². The minimum absolute atomic E-state index is 0.146. The molecule has 0 spiro atoms. The Kier molecular flexibility index (Phi) is 4.55. The lowest BCUT2D eigenvalue weighted by atomic mass is 10.0. The Morgan fingerprint density at radius 1 is 1.57 bits per heavy atom. The number of nitrogens with two attached hydrogens (primary N) is 1. The van der Waals surface area contributed by atoms with E-state index in [1.807, 2.05) is 0 Å². The first kappa shape index (κ1) is 15.0. The zero-order chi connectivity index (χ0) is 15.4. The summed E-state index contributed by atoms with van der Waals surface area (Å²) in [5.74, 6) is 4.26. The number of piperazine rings is 1. The summed E-state index contributed by atoms with van der Waals surface area (Å²) in [6.07, 6.45) is 0. The van der Waals surface area contributed by atoms with Crippen molar-refractivity contribution >= 4 is 11.8 Å². The van der Waals surface area contributed by atoms with E-state index in [4.69, 9.17) is 5.73 Å². The van der Waals surface area contributed by atoms with Gasteiger partial charge in [-0.1, -0.05) is 11.8 Å². The zero-order valence-electron chi connectivity index (χ0n) is 11.6. The number of benzene rings is 1. The van der Waals surface area contributed by atoms with Gasteiger partial charge in [0.25, 0.3) is 5.91 Å². The SMILES string of the molecule is CC1C(=O)NCCN1C(=O)c1cc(F)ccc1C#CCN. The third-order valence-electron chi connectivity index (χ3n) is 3.30. The van der Waals surface area contributed by atoms with E-state index in [1.54, 1.807) is 6.92 Å². The molecule has 2 rings (SSSR count). The number of amides is 2. The highest BCUT2D eigenvalue weighted by atomic mass is 19.1. The molecule has 0 saturated carbocycles. The van der Waals surface area contributed by atoms with E-state index in [9.17, 15) is 14.0 Å². The van der Waals surface area contributed by atoms with Crippen molar-refractivity contribution in [1.82, 2.24) is 10.2 Å². The van der Waals surface area contributed by atoms with Crippen LogP contribution in [0.4, 0.5) is 4.39 Å². The van der Waals surface area contributed by atoms with E-state index in [2.05, 4.69) is 17.2 Å². The quantitative estimate of drug-likeness (QED) is 0.720. The van der Waals surface area contributed by atoms with Crippen LogP contribution in [0.1, 0.15) is 22.8 Å². The first-order valence-electron chi connectivity index (χ1n) is 6.61. The molecule has 1 aromatic carbocycles. The van der Waals surface area contributed by atoms with E-state index in [0.717, 1.165) is 6.07 Å². The summed E-state index contributed by atoms with van der Waals surface area (Å²) in [7, 11) is 0. The molecule has 1 atom stereocenters. The Bertz CT molecular complexity index is 634. The van der Waals surface area contributed by atoms with E-state index < -0.39 is 17.8 Å². The van der Waals surface area contributed by atoms with Gasteiger partial charge < -0.3 is 16.0 Å². The molecule has 0 aliphatic carbocycles. The van der Waals surface area contributed by atoms with Gasteiger partial charge in [0.1, 0.15) is 11.9 Å². The molecule has 0 radical (unpaired) electrons. The van der Waals surface area contributed by atoms with Crippen LogP contribution in [0.25, 0.3) is 0 Å². The second-order valence-corrected chi connectivity index (χ2v) is 4.66. The Balaban J connectivity index is 2.38. The first-order chi connectivity index (χ1) is 10.0. The van der Waals surface area contributed by atoms with Gasteiger partial charge in [0.2, 0.25) is 5.91 Å². The van der Waals surface area contributed by atoms with Crippen LogP contribution < -0.4 is 11.1 Å². The van der Waals surface area contributed by atoms with Crippen molar-refractivity contribution in [3.8, 4) is 11.8 Å². The summed E-state index contributed by atoms with van der Waals surface area (Å²) in [4.78, 5) is 25.6. The van der Waals surface area contributed by atoms with Gasteiger partial charge in [-0.15, -0.1) is 0 Å². The molecule has 3 N–H and O–H groups in total. The topological polar surface area (TPSA) is 75.4 Å². The molecule has 0 aromatic heterocycles. The summed E-state index contributed by atoms with van der Waals surface area (Å²) >= 11 is 0. The number of carbonyl (C=O) groups is 2. The van der Waals surface area contributed by atoms with Crippen LogP contribution in [-0.2, 0) is 4.79 Å². The lowest BCUT2D eigenvalue weighted by Crippen LogP contribution is -2.55. The number of hydrogen-bond acceptors (Lipinski definition) is 3. The minimum Gasteiger partial charge on any atom is -0.353 e. The maximum atomic E-state index is 13.4. The van der Waals surface area contributed by atoms with Crippen molar-refractivity contribution in [3.63, 3.8) is 0 Å². The number of nitrogens with one attached hydrogen (secondary N) is 1. The van der Waals surface area contributed by atoms with Crippen molar-refractivity contribution in [2.75, 3.05) is 19.6 Å². The molecule has 21 heavy (non-hydrogen) atoms. The first-order valence-corrected chi connectivity index (χ1v) is 6.61. The fraction of sp³-hybridized carbons (Fsp3) is 0.333. The monoisotopic (exact) mass is 289 g/mol. The zero-order valence-corrected chi connectivity index (χ0v) is 11.6. The Hall–Kier alpha value is -2.39. The second kappa shape index (κ2) is 6.37. The predicted molar refractivity (Wildman–Crippen MR) is 75.8 cm³/mol. The molecule has 6 heteroatoms. The van der Waals surface area contributed by atoms with Crippen LogP contribution in [0.5, 0.6) is 0 Å². The van der Waals surface area contributed by atoms with Crippen LogP contribution in [0.3, 0.4) is 0 Å². The van der Waals surface area contributed by atoms with Gasteiger partial charge in [0.05, 0.1) is 12.1 Å². The fourth-order valence-electron chi connectivity index (χ4n) is 2.16. The fourth-order valence-corrected chi connectivity index (χ4v) is 2.16. The molecule has 5 nitrogen and oxygen atoms in total. The average molecular weight is 289 g/mol. The molecule has 1 fully saturated rings. The largest absolute Gasteiger partial charge is 0.353 e. The molecular formula is C15H16FN3O2. The smallest absolute Gasteiger partial charge is 0.255 e. The number of halogens is 1. The molecule has 1 aliphatic rings. The number of nitrogens with zero attached hydrogens (tertiary/aromatic N) is 1. The van der Waals surface area contributed by atoms with Crippen molar-refractivity contribution in [1.29, 1.82) is 0 Å². The van der Waals surface area contributed by atoms with Gasteiger partial charge in [-0.3, -0.25) is 9.59 Å². The summed E-state index contributed by atoms with van der Waals surface area (Å²) in [6, 6.07) is 3.23. The normalized spacial score (nSPS) is 17.8. The molecule has 0 bridgehead atoms. The Morgan fingerprint density at radius 2 is 2.33 bits per heavy atom. The summed E-state index contributed by atoms with van der Waals surface area (Å²) in [5, 5.41) is 2.68. The summed E-state index contributed by atoms with van der Waals surface area (Å²) < 4.78 is 13.4. The standard InChI is InChI=1S/C15H16FN3O2/c1-10-14(20)18-7-8-19(10)15(21)13-9-12(16)5-4-11(13)3-2-6-17/h4-5,9-10H,6-8,17H2,1H3,(H,18,20). The van der Waals surface area contributed by atoms with Crippen LogP contribution in [-0.4, -0.2) is 42.4 Å². The Labute approximate surface area is 122 Å². The van der Waals surface area contributed by atoms with Gasteiger partial charge in [-0.25, -0.2) is 4.39 Å². The molecule has 1 unspecified atom stereocenters. The highest BCUT2D eigenvalue weighted by molar-refractivity contribution is 6.00. The molecule has 1 aromatic rings. The summed E-state index contributed by atoms with van der Waals surface area (Å²) in [5.41, 5.74) is 5.88. The third-order valence-corrected chi connectivity index (χ3v) is 3.30. The second-order valence-electron chi connectivity index (χ2n) is 4.66. The van der Waals surface area contributed by atoms with Crippen LogP contribution in [0.15, 0.2) is 18.2 Å². The molecular weight excluding hydrogens is 273 g/mol. The highest BCUT2D eigenvalue weighted by Crippen LogP contribution is 2.16. The third kappa shape index (κ3) is 3.20. The van der Waals surface area contributed by atoms with Crippen LogP contribution in [0.2, 0.25) is 0 Å². The summed E-state index contributed by atoms with van der Waals surface area (Å²) in [6.45, 7) is 2.55. The lowest BCUT2D eigenvalue weighted by molar-refractivity contribution is -0.127. The maximum absolute atomic E-state index is 13.4. The lowest BCUT2D eigenvalue weighted by Gasteiger charge is -2.33. The van der Waals surface area contributed by atoms with E-state index in [-0.39, 0.29) is 18.0 Å². The maximum Gasteiger partial charge on any atom is 0.255 e. The van der Waals surface area contributed by atoms with E-state index in [0.29, 0.717) is 18.7 Å². The molecule has 110 valence electrons. The van der Waals surface area contributed by atoms with Crippen LogP contribution in [0, 0.1) is 17.7 Å². The van der Waals surface area contributed by atoms with E-state index >= 15 is 0 Å². The van der Waals surface area contributed by atoms with E-state index in [1.165, 1.54) is 17.0 Å². The van der Waals surface area contributed by atoms with Gasteiger partial charge in [0, 0.05) is 18.7 Å². The molecule has 1 saturated heterocycles. The number of rotatable bonds is 1. The predicted octanol–water partition coefficient (Wildman–Crippen LogP) is 0.0964. The van der Waals surface area contributed by atoms with Gasteiger partial charge in [-0.05, 0) is 25.1 Å². The number of carbonyl (C=O) groups excluding carboxylic acids is 2. The van der Waals surface area contributed by atoms with Crippen molar-refractivity contribution < 1.29 is 14.0 Å². The minimum atomic E-state index is -0.593. The number of hydrogen-bond donors (Lipinski definition) is 2. The van der Waals surface area contributed by atoms with Gasteiger partial charge in [-0.2, -0.15) is 0 Å². The van der Waals surface area contributed by atoms with Crippen LogP contribution >= 0.6 is 0 Å². The van der Waals surface area contributed by atoms with Crippen molar-refractivity contribution in [3.05, 3.63) is 35.1 Å². The van der Waals surface area contributed by atoms with Gasteiger partial charge in [0.15, 0.2) is 0 Å². The highest BCUT2D eigenvalue weighted by Gasteiger charge is 2.30. The molecule has 1 aliphatic heterocycles. The van der Waals surface area contributed by atoms with Crippen molar-refractivity contribution in [2.45, 2.75) is 13.0 Å². The average Bonchev–Trinajstić information content (AvgIpc) is 2.48.